The quantitative estimate of drug-likeness (QED) is 0.619. The van der Waals surface area contributed by atoms with Crippen molar-refractivity contribution >= 4 is 26.0 Å². The minimum atomic E-state index is -3.61. The lowest BCUT2D eigenvalue weighted by atomic mass is 10.0. The van der Waals surface area contributed by atoms with E-state index in [9.17, 15) is 8.42 Å². The van der Waals surface area contributed by atoms with Crippen LogP contribution in [0.5, 0.6) is 0 Å². The smallest absolute Gasteiger partial charge is 0.244 e. The number of hydrogen-bond acceptors (Lipinski definition) is 2. The van der Waals surface area contributed by atoms with Crippen molar-refractivity contribution in [2.75, 3.05) is 6.54 Å². The Kier molecular flexibility index (Phi) is 4.50. The van der Waals surface area contributed by atoms with Crippen molar-refractivity contribution in [3.63, 3.8) is 0 Å². The molecule has 0 amide bonds. The maximum Gasteiger partial charge on any atom is 0.244 e. The lowest BCUT2D eigenvalue weighted by Crippen LogP contribution is -2.42. The van der Waals surface area contributed by atoms with Crippen molar-refractivity contribution in [2.45, 2.75) is 24.4 Å². The molecule has 1 aromatic heterocycles. The molecule has 4 nitrogen and oxygen atoms in total. The van der Waals surface area contributed by atoms with Crippen LogP contribution in [0.15, 0.2) is 76.2 Å². The molecule has 0 saturated carbocycles. The minimum Gasteiger partial charge on any atom is -0.348 e. The molecule has 0 bridgehead atoms. The van der Waals surface area contributed by atoms with E-state index in [1.165, 1.54) is 0 Å². The summed E-state index contributed by atoms with van der Waals surface area (Å²) in [5, 5.41) is 0. The molecular formula is C20H19BrN2O2S. The van der Waals surface area contributed by atoms with E-state index in [-0.39, 0.29) is 6.04 Å². The number of benzene rings is 2. The largest absolute Gasteiger partial charge is 0.348 e. The Hall–Kier alpha value is -1.89. The van der Waals surface area contributed by atoms with Crippen molar-refractivity contribution in [2.24, 2.45) is 0 Å². The average molecular weight is 431 g/mol. The summed E-state index contributed by atoms with van der Waals surface area (Å²) >= 11 is 3.37. The average Bonchev–Trinajstić information content (AvgIpc) is 3.11. The van der Waals surface area contributed by atoms with Crippen LogP contribution in [0.3, 0.4) is 0 Å². The van der Waals surface area contributed by atoms with Crippen LogP contribution in [-0.4, -0.2) is 23.8 Å². The lowest BCUT2D eigenvalue weighted by molar-refractivity contribution is 0.298. The van der Waals surface area contributed by atoms with Gasteiger partial charge < -0.3 is 4.57 Å². The van der Waals surface area contributed by atoms with Gasteiger partial charge in [-0.25, -0.2) is 8.42 Å². The second kappa shape index (κ2) is 6.68. The third-order valence-electron chi connectivity index (χ3n) is 4.81. The van der Waals surface area contributed by atoms with Gasteiger partial charge in [-0.1, -0.05) is 45.8 Å². The van der Waals surface area contributed by atoms with Crippen LogP contribution < -0.4 is 0 Å². The summed E-state index contributed by atoms with van der Waals surface area (Å²) < 4.78 is 31.4. The summed E-state index contributed by atoms with van der Waals surface area (Å²) in [5.41, 5.74) is 3.14. The highest BCUT2D eigenvalue weighted by Crippen LogP contribution is 2.36. The SMILES string of the molecule is Cc1ccc([C@@H]2c3cccn3CCN2S(=O)(=O)c2ccc(Br)cc2)cc1. The molecule has 1 atom stereocenters. The number of aromatic nitrogens is 1. The van der Waals surface area contributed by atoms with E-state index < -0.39 is 10.0 Å². The Morgan fingerprint density at radius 3 is 2.35 bits per heavy atom. The molecule has 134 valence electrons. The highest BCUT2D eigenvalue weighted by atomic mass is 79.9. The Balaban J connectivity index is 1.83. The van der Waals surface area contributed by atoms with E-state index in [1.807, 2.05) is 49.5 Å². The van der Waals surface area contributed by atoms with Crippen molar-refractivity contribution in [1.82, 2.24) is 8.87 Å². The topological polar surface area (TPSA) is 42.3 Å². The monoisotopic (exact) mass is 430 g/mol. The number of halogens is 1. The van der Waals surface area contributed by atoms with E-state index in [1.54, 1.807) is 28.6 Å². The van der Waals surface area contributed by atoms with Crippen LogP contribution in [0.25, 0.3) is 0 Å². The fourth-order valence-corrected chi connectivity index (χ4v) is 5.29. The summed E-state index contributed by atoms with van der Waals surface area (Å²) in [4.78, 5) is 0.317. The third kappa shape index (κ3) is 3.02. The molecule has 26 heavy (non-hydrogen) atoms. The van der Waals surface area contributed by atoms with Gasteiger partial charge in [0.25, 0.3) is 0 Å². The molecule has 2 heterocycles. The second-order valence-electron chi connectivity index (χ2n) is 6.51. The van der Waals surface area contributed by atoms with Crippen molar-refractivity contribution in [1.29, 1.82) is 0 Å². The van der Waals surface area contributed by atoms with Gasteiger partial charge in [0, 0.05) is 29.5 Å². The zero-order chi connectivity index (χ0) is 18.3. The molecule has 0 fully saturated rings. The van der Waals surface area contributed by atoms with Gasteiger partial charge in [0.1, 0.15) is 0 Å². The normalized spacial score (nSPS) is 17.8. The number of sulfonamides is 1. The minimum absolute atomic E-state index is 0.317. The van der Waals surface area contributed by atoms with Crippen LogP contribution in [0, 0.1) is 6.92 Å². The second-order valence-corrected chi connectivity index (χ2v) is 9.32. The van der Waals surface area contributed by atoms with Gasteiger partial charge >= 0.3 is 0 Å². The molecule has 0 aliphatic carbocycles. The first kappa shape index (κ1) is 17.5. The van der Waals surface area contributed by atoms with E-state index >= 15 is 0 Å². The van der Waals surface area contributed by atoms with Crippen LogP contribution in [-0.2, 0) is 16.6 Å². The van der Waals surface area contributed by atoms with Gasteiger partial charge in [0.15, 0.2) is 0 Å². The highest BCUT2D eigenvalue weighted by molar-refractivity contribution is 9.10. The Morgan fingerprint density at radius 2 is 1.65 bits per heavy atom. The lowest BCUT2D eigenvalue weighted by Gasteiger charge is -2.36. The zero-order valence-electron chi connectivity index (χ0n) is 14.3. The van der Waals surface area contributed by atoms with Crippen LogP contribution in [0.2, 0.25) is 0 Å². The summed E-state index contributed by atoms with van der Waals surface area (Å²) in [6, 6.07) is 18.6. The van der Waals surface area contributed by atoms with Crippen molar-refractivity contribution in [3.05, 3.63) is 88.2 Å². The van der Waals surface area contributed by atoms with E-state index in [0.29, 0.717) is 18.0 Å². The van der Waals surface area contributed by atoms with E-state index in [2.05, 4.69) is 20.5 Å². The highest BCUT2D eigenvalue weighted by Gasteiger charge is 2.37. The molecule has 1 aliphatic rings. The van der Waals surface area contributed by atoms with Gasteiger partial charge in [0.2, 0.25) is 10.0 Å². The summed E-state index contributed by atoms with van der Waals surface area (Å²) in [7, 11) is -3.61. The fourth-order valence-electron chi connectivity index (χ4n) is 3.45. The van der Waals surface area contributed by atoms with E-state index in [4.69, 9.17) is 0 Å². The van der Waals surface area contributed by atoms with Crippen LogP contribution in [0.4, 0.5) is 0 Å². The standard InChI is InChI=1S/C20H19BrN2O2S/c1-15-4-6-16(7-5-15)20-19-3-2-12-22(19)13-14-23(20)26(24,25)18-10-8-17(21)9-11-18/h2-12,20H,13-14H2,1H3/t20-/m1/s1. The van der Waals surface area contributed by atoms with Gasteiger partial charge in [-0.2, -0.15) is 4.31 Å². The van der Waals surface area contributed by atoms with Gasteiger partial charge in [-0.05, 0) is 48.9 Å². The summed E-state index contributed by atoms with van der Waals surface area (Å²) in [6.45, 7) is 3.13. The van der Waals surface area contributed by atoms with E-state index in [0.717, 1.165) is 21.3 Å². The number of rotatable bonds is 3. The molecule has 0 radical (unpaired) electrons. The molecule has 0 saturated heterocycles. The number of aryl methyl sites for hydroxylation is 1. The molecule has 6 heteroatoms. The Labute approximate surface area is 162 Å². The molecule has 3 aromatic rings. The first-order valence-corrected chi connectivity index (χ1v) is 10.7. The first-order valence-electron chi connectivity index (χ1n) is 8.46. The molecule has 4 rings (SSSR count). The Bertz CT molecular complexity index is 1020. The van der Waals surface area contributed by atoms with Gasteiger partial charge in [-0.3, -0.25) is 0 Å². The number of hydrogen-bond donors (Lipinski definition) is 0. The molecule has 0 N–H and O–H groups in total. The maximum atomic E-state index is 13.4. The maximum absolute atomic E-state index is 13.4. The van der Waals surface area contributed by atoms with Crippen LogP contribution in [0.1, 0.15) is 22.9 Å². The number of fused-ring (bicyclic) bond motifs is 1. The predicted octanol–water partition coefficient (Wildman–Crippen LogP) is 4.35. The van der Waals surface area contributed by atoms with Gasteiger partial charge in [-0.15, -0.1) is 0 Å². The Morgan fingerprint density at radius 1 is 0.962 bits per heavy atom. The fraction of sp³-hybridized carbons (Fsp3) is 0.200. The van der Waals surface area contributed by atoms with Crippen molar-refractivity contribution < 1.29 is 8.42 Å². The molecule has 1 aliphatic heterocycles. The molecule has 0 spiro atoms. The number of nitrogens with zero attached hydrogens (tertiary/aromatic N) is 2. The molecule has 0 unspecified atom stereocenters. The van der Waals surface area contributed by atoms with Crippen molar-refractivity contribution in [3.8, 4) is 0 Å². The first-order chi connectivity index (χ1) is 12.5. The molecule has 2 aromatic carbocycles. The summed E-state index contributed by atoms with van der Waals surface area (Å²) in [6.07, 6.45) is 2.01. The van der Waals surface area contributed by atoms with Gasteiger partial charge in [0.05, 0.1) is 10.9 Å². The van der Waals surface area contributed by atoms with Crippen LogP contribution >= 0.6 is 15.9 Å². The summed E-state index contributed by atoms with van der Waals surface area (Å²) in [5.74, 6) is 0. The molecular weight excluding hydrogens is 412 g/mol. The third-order valence-corrected chi connectivity index (χ3v) is 7.21. The zero-order valence-corrected chi connectivity index (χ0v) is 16.7. The predicted molar refractivity (Wildman–Crippen MR) is 105 cm³/mol.